The van der Waals surface area contributed by atoms with Gasteiger partial charge in [0.15, 0.2) is 0 Å². The molecule has 8 nitrogen and oxygen atoms in total. The van der Waals surface area contributed by atoms with Gasteiger partial charge in [0.2, 0.25) is 0 Å². The van der Waals surface area contributed by atoms with E-state index in [9.17, 15) is 9.59 Å². The van der Waals surface area contributed by atoms with Crippen molar-refractivity contribution in [1.82, 2.24) is 9.97 Å². The predicted octanol–water partition coefficient (Wildman–Crippen LogP) is 7.60. The number of H-pyrrole nitrogens is 2. The predicted molar refractivity (Wildman–Crippen MR) is 166 cm³/mol. The van der Waals surface area contributed by atoms with E-state index in [4.69, 9.17) is 19.3 Å². The van der Waals surface area contributed by atoms with Gasteiger partial charge in [-0.3, -0.25) is 0 Å². The molecule has 0 saturated heterocycles. The first-order valence-corrected chi connectivity index (χ1v) is 13.7. The quantitative estimate of drug-likeness (QED) is 0.161. The third-order valence-electron chi connectivity index (χ3n) is 6.94. The molecule has 0 unspecified atom stereocenters. The minimum Gasteiger partial charge on any atom is -0.489 e. The third-order valence-corrected chi connectivity index (χ3v) is 6.94. The van der Waals surface area contributed by atoms with E-state index in [2.05, 4.69) is 9.97 Å². The molecule has 6 rings (SSSR count). The molecule has 0 saturated carbocycles. The number of nitrogens with one attached hydrogen (secondary N) is 2. The number of aryl methyl sites for hydroxylation is 2. The van der Waals surface area contributed by atoms with Crippen molar-refractivity contribution in [2.45, 2.75) is 27.1 Å². The zero-order valence-electron chi connectivity index (χ0n) is 24.1. The molecule has 0 aliphatic carbocycles. The normalized spacial score (nSPS) is 10.7. The van der Waals surface area contributed by atoms with Gasteiger partial charge >= 0.3 is 11.9 Å². The van der Waals surface area contributed by atoms with Crippen molar-refractivity contribution in [1.29, 1.82) is 0 Å². The number of hydrogen-bond acceptors (Lipinski definition) is 5. The van der Waals surface area contributed by atoms with Crippen LogP contribution in [0, 0.1) is 13.8 Å². The lowest BCUT2D eigenvalue weighted by atomic mass is 10.1. The monoisotopic (exact) mass is 576 g/mol. The number of aromatic carboxylic acids is 1. The van der Waals surface area contributed by atoms with Crippen LogP contribution < -0.4 is 9.47 Å². The fourth-order valence-electron chi connectivity index (χ4n) is 4.65. The number of aromatic amines is 2. The van der Waals surface area contributed by atoms with E-state index in [-0.39, 0.29) is 11.7 Å². The van der Waals surface area contributed by atoms with Gasteiger partial charge in [-0.2, -0.15) is 0 Å². The maximum absolute atomic E-state index is 11.6. The molecule has 0 amide bonds. The van der Waals surface area contributed by atoms with Crippen molar-refractivity contribution in [2.75, 3.05) is 7.11 Å². The maximum atomic E-state index is 11.6. The zero-order valence-corrected chi connectivity index (χ0v) is 24.1. The van der Waals surface area contributed by atoms with Crippen LogP contribution in [0.25, 0.3) is 21.8 Å². The van der Waals surface area contributed by atoms with Gasteiger partial charge in [0.25, 0.3) is 0 Å². The summed E-state index contributed by atoms with van der Waals surface area (Å²) in [6, 6.07) is 31.0. The molecule has 0 fully saturated rings. The summed E-state index contributed by atoms with van der Waals surface area (Å²) >= 11 is 0. The van der Waals surface area contributed by atoms with Crippen molar-refractivity contribution in [3.63, 3.8) is 0 Å². The Morgan fingerprint density at radius 2 is 1.09 bits per heavy atom. The summed E-state index contributed by atoms with van der Waals surface area (Å²) in [4.78, 5) is 28.5. The first kappa shape index (κ1) is 29.0. The number of carboxylic acids is 1. The standard InChI is InChI=1S/C18H17NO3.C17H15NO3/c1-12-8-15-14(9-16(19-15)18(20)21-2)10-17(12)22-11-13-6-4-3-5-7-13;1-11-7-14-13(8-15(18-14)17(19)20)9-16(11)21-10-12-5-3-2-4-6-12/h3-10,19H,11H2,1-2H3;2-9,18H,10H2,1H3,(H,19,20). The van der Waals surface area contributed by atoms with Crippen molar-refractivity contribution in [3.8, 4) is 11.5 Å². The Labute approximate surface area is 248 Å². The molecule has 8 heteroatoms. The highest BCUT2D eigenvalue weighted by molar-refractivity contribution is 5.96. The van der Waals surface area contributed by atoms with Gasteiger partial charge in [-0.05, 0) is 72.5 Å². The SMILES string of the molecule is COC(=O)c1cc2cc(OCc3ccccc3)c(C)cc2[nH]1.Cc1cc2[nH]c(C(=O)O)cc2cc1OCc1ccccc1. The number of aromatic nitrogens is 2. The Balaban J connectivity index is 0.000000171. The largest absolute Gasteiger partial charge is 0.489 e. The van der Waals surface area contributed by atoms with E-state index in [0.717, 1.165) is 55.6 Å². The molecule has 0 atom stereocenters. The molecule has 0 aliphatic heterocycles. The molecule has 3 N–H and O–H groups in total. The molecule has 0 spiro atoms. The van der Waals surface area contributed by atoms with E-state index >= 15 is 0 Å². The highest BCUT2D eigenvalue weighted by atomic mass is 16.5. The van der Waals surface area contributed by atoms with Crippen molar-refractivity contribution < 1.29 is 28.9 Å². The van der Waals surface area contributed by atoms with Gasteiger partial charge in [-0.15, -0.1) is 0 Å². The van der Waals surface area contributed by atoms with Crippen LogP contribution in [-0.4, -0.2) is 34.1 Å². The number of benzene rings is 4. The van der Waals surface area contributed by atoms with Crippen molar-refractivity contribution >= 4 is 33.7 Å². The lowest BCUT2D eigenvalue weighted by molar-refractivity contribution is 0.0594. The van der Waals surface area contributed by atoms with Gasteiger partial charge in [-0.1, -0.05) is 60.7 Å². The Morgan fingerprint density at radius 1 is 0.651 bits per heavy atom. The second kappa shape index (κ2) is 13.0. The molecule has 2 aromatic heterocycles. The summed E-state index contributed by atoms with van der Waals surface area (Å²) in [7, 11) is 1.37. The topological polar surface area (TPSA) is 114 Å². The lowest BCUT2D eigenvalue weighted by Crippen LogP contribution is -2.00. The lowest BCUT2D eigenvalue weighted by Gasteiger charge is -2.09. The fraction of sp³-hybridized carbons (Fsp3) is 0.143. The summed E-state index contributed by atoms with van der Waals surface area (Å²) in [5.74, 6) is 0.241. The Bertz CT molecular complexity index is 1870. The van der Waals surface area contributed by atoms with Gasteiger partial charge in [0.05, 0.1) is 7.11 Å². The number of carbonyl (C=O) groups excluding carboxylic acids is 1. The number of ether oxygens (including phenoxy) is 3. The first-order chi connectivity index (χ1) is 20.8. The van der Waals surface area contributed by atoms with Crippen LogP contribution in [-0.2, 0) is 18.0 Å². The minimum absolute atomic E-state index is 0.185. The van der Waals surface area contributed by atoms with Gasteiger partial charge in [-0.25, -0.2) is 9.59 Å². The molecular weight excluding hydrogens is 544 g/mol. The summed E-state index contributed by atoms with van der Waals surface area (Å²) < 4.78 is 16.5. The zero-order chi connectivity index (χ0) is 30.3. The number of carboxylic acid groups (broad SMARTS) is 1. The number of fused-ring (bicyclic) bond motifs is 2. The molecule has 0 aliphatic rings. The number of esters is 1. The van der Waals surface area contributed by atoms with Crippen LogP contribution in [0.1, 0.15) is 43.2 Å². The first-order valence-electron chi connectivity index (χ1n) is 13.7. The third kappa shape index (κ3) is 7.05. The fourth-order valence-corrected chi connectivity index (χ4v) is 4.65. The molecular formula is C35H32N2O6. The maximum Gasteiger partial charge on any atom is 0.354 e. The van der Waals surface area contributed by atoms with Crippen LogP contribution in [0.3, 0.4) is 0 Å². The highest BCUT2D eigenvalue weighted by Crippen LogP contribution is 2.28. The molecule has 6 aromatic rings. The molecule has 0 radical (unpaired) electrons. The number of hydrogen-bond donors (Lipinski definition) is 3. The summed E-state index contributed by atoms with van der Waals surface area (Å²) in [5, 5.41) is 10.8. The average molecular weight is 577 g/mol. The molecule has 4 aromatic carbocycles. The number of rotatable bonds is 8. The van der Waals surface area contributed by atoms with Crippen LogP contribution in [0.4, 0.5) is 0 Å². The number of carbonyl (C=O) groups is 2. The van der Waals surface area contributed by atoms with Gasteiger partial charge in [0.1, 0.15) is 36.1 Å². The smallest absolute Gasteiger partial charge is 0.354 e. The molecule has 218 valence electrons. The Morgan fingerprint density at radius 3 is 1.53 bits per heavy atom. The Hall–Kier alpha value is -5.50. The van der Waals surface area contributed by atoms with Crippen LogP contribution in [0.5, 0.6) is 11.5 Å². The van der Waals surface area contributed by atoms with Crippen molar-refractivity contribution in [3.05, 3.63) is 131 Å². The van der Waals surface area contributed by atoms with E-state index in [1.165, 1.54) is 7.11 Å². The second-order valence-corrected chi connectivity index (χ2v) is 10.1. The minimum atomic E-state index is -0.962. The van der Waals surface area contributed by atoms with E-state index in [1.807, 2.05) is 98.8 Å². The van der Waals surface area contributed by atoms with Crippen LogP contribution >= 0.6 is 0 Å². The molecule has 43 heavy (non-hydrogen) atoms. The summed E-state index contributed by atoms with van der Waals surface area (Å²) in [5.41, 5.74) is 6.52. The summed E-state index contributed by atoms with van der Waals surface area (Å²) in [6.07, 6.45) is 0. The van der Waals surface area contributed by atoms with E-state index in [1.54, 1.807) is 12.1 Å². The Kier molecular flexibility index (Phi) is 8.77. The van der Waals surface area contributed by atoms with E-state index in [0.29, 0.717) is 18.9 Å². The molecule has 2 heterocycles. The van der Waals surface area contributed by atoms with E-state index < -0.39 is 5.97 Å². The van der Waals surface area contributed by atoms with Crippen molar-refractivity contribution in [2.24, 2.45) is 0 Å². The average Bonchev–Trinajstić information content (AvgIpc) is 3.63. The summed E-state index contributed by atoms with van der Waals surface area (Å²) in [6.45, 7) is 4.93. The highest BCUT2D eigenvalue weighted by Gasteiger charge is 2.12. The van der Waals surface area contributed by atoms with Gasteiger partial charge < -0.3 is 29.3 Å². The molecule has 0 bridgehead atoms. The van der Waals surface area contributed by atoms with Crippen LogP contribution in [0.2, 0.25) is 0 Å². The van der Waals surface area contributed by atoms with Crippen LogP contribution in [0.15, 0.2) is 97.1 Å². The number of methoxy groups -OCH3 is 1. The van der Waals surface area contributed by atoms with Gasteiger partial charge in [0, 0.05) is 21.8 Å². The second-order valence-electron chi connectivity index (χ2n) is 10.1.